The van der Waals surface area contributed by atoms with E-state index in [4.69, 9.17) is 16.7 Å². The molecule has 0 spiro atoms. The van der Waals surface area contributed by atoms with Crippen molar-refractivity contribution in [3.63, 3.8) is 0 Å². The zero-order chi connectivity index (χ0) is 17.2. The summed E-state index contributed by atoms with van der Waals surface area (Å²) < 4.78 is 38.0. The molecule has 0 bridgehead atoms. The summed E-state index contributed by atoms with van der Waals surface area (Å²) in [6, 6.07) is 1.87. The molecule has 1 atom stereocenters. The van der Waals surface area contributed by atoms with E-state index < -0.39 is 29.7 Å². The predicted octanol–water partition coefficient (Wildman–Crippen LogP) is 2.85. The Bertz CT molecular complexity index is 622. The first-order valence-corrected chi connectivity index (χ1v) is 7.19. The second kappa shape index (κ2) is 6.76. The van der Waals surface area contributed by atoms with Crippen molar-refractivity contribution in [1.82, 2.24) is 4.90 Å². The Kier molecular flexibility index (Phi) is 5.16. The molecule has 1 aliphatic heterocycles. The molecule has 0 aromatic heterocycles. The molecule has 2 N–H and O–H groups in total. The lowest BCUT2D eigenvalue weighted by atomic mass is 10.2. The van der Waals surface area contributed by atoms with Gasteiger partial charge in [0, 0.05) is 0 Å². The number of hydrogen-bond donors (Lipinski definition) is 2. The number of aliphatic carboxylic acids is 1. The van der Waals surface area contributed by atoms with Crippen LogP contribution in [0.25, 0.3) is 0 Å². The van der Waals surface area contributed by atoms with Crippen molar-refractivity contribution in [3.8, 4) is 0 Å². The average molecular weight is 351 g/mol. The SMILES string of the molecule is O=C(CN1CCC[C@@H]1C(=O)O)Nc1cc(C(F)(F)F)ccc1Cl. The Morgan fingerprint density at radius 3 is 2.70 bits per heavy atom. The van der Waals surface area contributed by atoms with Crippen LogP contribution in [-0.4, -0.2) is 41.0 Å². The largest absolute Gasteiger partial charge is 0.480 e. The molecule has 1 aliphatic rings. The van der Waals surface area contributed by atoms with Crippen molar-refractivity contribution in [2.24, 2.45) is 0 Å². The molecule has 23 heavy (non-hydrogen) atoms. The number of carbonyl (C=O) groups excluding carboxylic acids is 1. The summed E-state index contributed by atoms with van der Waals surface area (Å²) in [7, 11) is 0. The van der Waals surface area contributed by atoms with Gasteiger partial charge in [0.25, 0.3) is 0 Å². The molecular formula is C14H14ClF3N2O3. The zero-order valence-electron chi connectivity index (χ0n) is 11.9. The van der Waals surface area contributed by atoms with Crippen LogP contribution in [0.2, 0.25) is 5.02 Å². The molecule has 0 aliphatic carbocycles. The number of nitrogens with zero attached hydrogens (tertiary/aromatic N) is 1. The monoisotopic (exact) mass is 350 g/mol. The number of amides is 1. The Morgan fingerprint density at radius 2 is 2.09 bits per heavy atom. The number of hydrogen-bond acceptors (Lipinski definition) is 3. The van der Waals surface area contributed by atoms with Crippen molar-refractivity contribution in [3.05, 3.63) is 28.8 Å². The van der Waals surface area contributed by atoms with Gasteiger partial charge in [-0.25, -0.2) is 0 Å². The summed E-state index contributed by atoms with van der Waals surface area (Å²) in [4.78, 5) is 24.5. The highest BCUT2D eigenvalue weighted by Gasteiger charge is 2.33. The Hall–Kier alpha value is -1.80. The van der Waals surface area contributed by atoms with E-state index in [0.29, 0.717) is 19.4 Å². The van der Waals surface area contributed by atoms with Gasteiger partial charge in [-0.05, 0) is 37.6 Å². The summed E-state index contributed by atoms with van der Waals surface area (Å²) in [6.07, 6.45) is -3.46. The van der Waals surface area contributed by atoms with Crippen LogP contribution >= 0.6 is 11.6 Å². The van der Waals surface area contributed by atoms with E-state index in [-0.39, 0.29) is 17.3 Å². The first-order valence-electron chi connectivity index (χ1n) is 6.82. The van der Waals surface area contributed by atoms with Gasteiger partial charge in [0.2, 0.25) is 5.91 Å². The van der Waals surface area contributed by atoms with Crippen LogP contribution < -0.4 is 5.32 Å². The van der Waals surface area contributed by atoms with Gasteiger partial charge in [-0.15, -0.1) is 0 Å². The number of alkyl halides is 3. The number of carboxylic acids is 1. The molecule has 1 amide bonds. The van der Waals surface area contributed by atoms with Crippen molar-refractivity contribution >= 4 is 29.2 Å². The standard InChI is InChI=1S/C14H14ClF3N2O3/c15-9-4-3-8(14(16,17)18)6-10(9)19-12(21)7-20-5-1-2-11(20)13(22)23/h3-4,6,11H,1-2,5,7H2,(H,19,21)(H,22,23)/t11-/m1/s1. The number of rotatable bonds is 4. The zero-order valence-corrected chi connectivity index (χ0v) is 12.6. The summed E-state index contributed by atoms with van der Waals surface area (Å²) in [5.74, 6) is -1.63. The van der Waals surface area contributed by atoms with Gasteiger partial charge in [0.05, 0.1) is 22.8 Å². The number of carboxylic acid groups (broad SMARTS) is 1. The van der Waals surface area contributed by atoms with Crippen LogP contribution in [0.4, 0.5) is 18.9 Å². The minimum atomic E-state index is -4.55. The maximum atomic E-state index is 12.7. The molecule has 1 heterocycles. The van der Waals surface area contributed by atoms with Crippen molar-refractivity contribution in [2.45, 2.75) is 25.1 Å². The number of carbonyl (C=O) groups is 2. The number of nitrogens with one attached hydrogen (secondary N) is 1. The predicted molar refractivity (Wildman–Crippen MR) is 77.3 cm³/mol. The third-order valence-electron chi connectivity index (χ3n) is 3.56. The normalized spacial score (nSPS) is 18.9. The van der Waals surface area contributed by atoms with E-state index in [1.807, 2.05) is 0 Å². The molecule has 126 valence electrons. The highest BCUT2D eigenvalue weighted by molar-refractivity contribution is 6.33. The quantitative estimate of drug-likeness (QED) is 0.876. The van der Waals surface area contributed by atoms with Crippen LogP contribution in [0.5, 0.6) is 0 Å². The molecule has 9 heteroatoms. The summed E-state index contributed by atoms with van der Waals surface area (Å²) in [5, 5.41) is 11.3. The fourth-order valence-corrected chi connectivity index (χ4v) is 2.63. The fraction of sp³-hybridized carbons (Fsp3) is 0.429. The molecule has 0 radical (unpaired) electrons. The lowest BCUT2D eigenvalue weighted by molar-refractivity contribution is -0.142. The number of halogens is 4. The Balaban J connectivity index is 2.07. The van der Waals surface area contributed by atoms with Crippen LogP contribution in [0.15, 0.2) is 18.2 Å². The number of benzene rings is 1. The van der Waals surface area contributed by atoms with Crippen LogP contribution in [0.1, 0.15) is 18.4 Å². The molecule has 5 nitrogen and oxygen atoms in total. The van der Waals surface area contributed by atoms with E-state index >= 15 is 0 Å². The van der Waals surface area contributed by atoms with Crippen molar-refractivity contribution in [2.75, 3.05) is 18.4 Å². The van der Waals surface area contributed by atoms with E-state index in [1.54, 1.807) is 0 Å². The molecule has 1 aromatic rings. The topological polar surface area (TPSA) is 69.6 Å². The van der Waals surface area contributed by atoms with Crippen molar-refractivity contribution < 1.29 is 27.9 Å². The molecule has 1 fully saturated rings. The summed E-state index contributed by atoms with van der Waals surface area (Å²) in [6.45, 7) is 0.226. The van der Waals surface area contributed by atoms with Crippen LogP contribution in [0, 0.1) is 0 Å². The molecular weight excluding hydrogens is 337 g/mol. The van der Waals surface area contributed by atoms with E-state index in [9.17, 15) is 22.8 Å². The summed E-state index contributed by atoms with van der Waals surface area (Å²) >= 11 is 5.80. The van der Waals surface area contributed by atoms with Gasteiger partial charge in [-0.3, -0.25) is 14.5 Å². The third kappa shape index (κ3) is 4.35. The van der Waals surface area contributed by atoms with Gasteiger partial charge >= 0.3 is 12.1 Å². The first kappa shape index (κ1) is 17.6. The maximum absolute atomic E-state index is 12.7. The molecule has 0 unspecified atom stereocenters. The number of anilines is 1. The molecule has 1 aromatic carbocycles. The number of likely N-dealkylation sites (tertiary alicyclic amines) is 1. The summed E-state index contributed by atoms with van der Waals surface area (Å²) in [5.41, 5.74) is -1.08. The minimum absolute atomic E-state index is 0.0254. The Morgan fingerprint density at radius 1 is 1.39 bits per heavy atom. The Labute approximate surface area is 135 Å². The van der Waals surface area contributed by atoms with E-state index in [1.165, 1.54) is 4.90 Å². The lowest BCUT2D eigenvalue weighted by Crippen LogP contribution is -2.40. The average Bonchev–Trinajstić information content (AvgIpc) is 2.88. The second-order valence-corrected chi connectivity index (χ2v) is 5.61. The smallest absolute Gasteiger partial charge is 0.416 e. The third-order valence-corrected chi connectivity index (χ3v) is 3.89. The van der Waals surface area contributed by atoms with Crippen molar-refractivity contribution in [1.29, 1.82) is 0 Å². The highest BCUT2D eigenvalue weighted by Crippen LogP contribution is 2.33. The van der Waals surface area contributed by atoms with Crippen LogP contribution in [-0.2, 0) is 15.8 Å². The van der Waals surface area contributed by atoms with Gasteiger partial charge in [0.15, 0.2) is 0 Å². The molecule has 2 rings (SSSR count). The molecule has 0 saturated carbocycles. The highest BCUT2D eigenvalue weighted by atomic mass is 35.5. The maximum Gasteiger partial charge on any atom is 0.416 e. The lowest BCUT2D eigenvalue weighted by Gasteiger charge is -2.20. The van der Waals surface area contributed by atoms with Crippen LogP contribution in [0.3, 0.4) is 0 Å². The van der Waals surface area contributed by atoms with Gasteiger partial charge in [-0.2, -0.15) is 13.2 Å². The minimum Gasteiger partial charge on any atom is -0.480 e. The first-order chi connectivity index (χ1) is 10.7. The molecule has 1 saturated heterocycles. The van der Waals surface area contributed by atoms with Gasteiger partial charge in [0.1, 0.15) is 6.04 Å². The van der Waals surface area contributed by atoms with E-state index in [2.05, 4.69) is 5.32 Å². The fourth-order valence-electron chi connectivity index (χ4n) is 2.47. The van der Waals surface area contributed by atoms with E-state index in [0.717, 1.165) is 18.2 Å². The van der Waals surface area contributed by atoms with Gasteiger partial charge in [-0.1, -0.05) is 11.6 Å². The second-order valence-electron chi connectivity index (χ2n) is 5.21. The van der Waals surface area contributed by atoms with Gasteiger partial charge < -0.3 is 10.4 Å².